The van der Waals surface area contributed by atoms with Crippen molar-refractivity contribution in [3.05, 3.63) is 0 Å². The fourth-order valence-electron chi connectivity index (χ4n) is 0. The van der Waals surface area contributed by atoms with Crippen molar-refractivity contribution in [2.24, 2.45) is 0 Å². The summed E-state index contributed by atoms with van der Waals surface area (Å²) in [6, 6.07) is 0. The normalized spacial score (nSPS) is 0.750. The van der Waals surface area contributed by atoms with Gasteiger partial charge in [0, 0.05) is 33.8 Å². The Balaban J connectivity index is -0.00000000500. The molecule has 0 aromatic heterocycles. The second-order valence-electron chi connectivity index (χ2n) is 0. The standard InChI is InChI=1S/Co.Fe.O.Ta. The number of rotatable bonds is 0. The van der Waals surface area contributed by atoms with E-state index in [1.54, 1.807) is 0 Å². The SMILES string of the molecule is [Co].[Fe].[O]=[Ta]. The van der Waals surface area contributed by atoms with Gasteiger partial charge in [-0.3, -0.25) is 0 Å². The van der Waals surface area contributed by atoms with Gasteiger partial charge in [-0.25, -0.2) is 0 Å². The quantitative estimate of drug-likeness (QED) is 0.570. The van der Waals surface area contributed by atoms with Gasteiger partial charge in [0.25, 0.3) is 0 Å². The second kappa shape index (κ2) is 23.7. The first-order valence-electron chi connectivity index (χ1n) is 0.183. The topological polar surface area (TPSA) is 17.1 Å². The van der Waals surface area contributed by atoms with E-state index < -0.39 is 0 Å². The molecule has 0 spiro atoms. The van der Waals surface area contributed by atoms with Crippen LogP contribution in [0.1, 0.15) is 0 Å². The second-order valence-corrected chi connectivity index (χ2v) is 0. The predicted molar refractivity (Wildman–Crippen MR) is 0.686 cm³/mol. The van der Waals surface area contributed by atoms with Gasteiger partial charge in [0.1, 0.15) is 0 Å². The number of hydrogen-bond acceptors (Lipinski definition) is 1. The van der Waals surface area contributed by atoms with Crippen LogP contribution < -0.4 is 0 Å². The van der Waals surface area contributed by atoms with Gasteiger partial charge >= 0.3 is 24.3 Å². The van der Waals surface area contributed by atoms with E-state index in [2.05, 4.69) is 0 Å². The zero-order valence-corrected chi connectivity index (χ0v) is 6.90. The Morgan fingerprint density at radius 2 is 1.25 bits per heavy atom. The van der Waals surface area contributed by atoms with Crippen LogP contribution in [0.4, 0.5) is 0 Å². The predicted octanol–water partition coefficient (Wildman–Crippen LogP) is -0.126. The average molecular weight is 312 g/mol. The van der Waals surface area contributed by atoms with Crippen LogP contribution in [0.15, 0.2) is 0 Å². The van der Waals surface area contributed by atoms with Crippen molar-refractivity contribution < 1.29 is 58.1 Å². The first kappa shape index (κ1) is 17.6. The van der Waals surface area contributed by atoms with Crippen molar-refractivity contribution in [3.8, 4) is 0 Å². The van der Waals surface area contributed by atoms with Crippen LogP contribution in [-0.4, -0.2) is 0 Å². The summed E-state index contributed by atoms with van der Waals surface area (Å²) in [6.45, 7) is 0. The molecule has 0 rings (SSSR count). The maximum absolute atomic E-state index is 8.36. The summed E-state index contributed by atoms with van der Waals surface area (Å²) in [7, 11) is 0. The summed E-state index contributed by atoms with van der Waals surface area (Å²) in [4.78, 5) is 0. The van der Waals surface area contributed by atoms with Crippen molar-refractivity contribution in [1.82, 2.24) is 0 Å². The molecule has 0 saturated heterocycles. The van der Waals surface area contributed by atoms with Crippen LogP contribution in [0.5, 0.6) is 0 Å². The third-order valence-corrected chi connectivity index (χ3v) is 0. The summed E-state index contributed by atoms with van der Waals surface area (Å²) in [5.74, 6) is 0. The van der Waals surface area contributed by atoms with Gasteiger partial charge in [-0.15, -0.1) is 0 Å². The molecule has 0 amide bonds. The minimum absolute atomic E-state index is 0. The van der Waals surface area contributed by atoms with Crippen LogP contribution in [0, 0.1) is 0 Å². The molecule has 0 N–H and O–H groups in total. The molecule has 0 heterocycles. The third-order valence-electron chi connectivity index (χ3n) is 0. The molecular formula is CoFeOTa. The first-order valence-corrected chi connectivity index (χ1v) is 1.49. The Kier molecular flexibility index (Phi) is 104. The van der Waals surface area contributed by atoms with Gasteiger partial charge in [-0.05, 0) is 0 Å². The molecule has 0 bridgehead atoms. The molecule has 0 aromatic rings. The minimum atomic E-state index is 0. The molecule has 4 heavy (non-hydrogen) atoms. The molecule has 0 aliphatic heterocycles. The Labute approximate surface area is 57.8 Å². The fourth-order valence-corrected chi connectivity index (χ4v) is 0. The molecule has 0 saturated carbocycles. The monoisotopic (exact) mass is 312 g/mol. The van der Waals surface area contributed by atoms with Gasteiger partial charge < -0.3 is 0 Å². The van der Waals surface area contributed by atoms with E-state index >= 15 is 0 Å². The van der Waals surface area contributed by atoms with Crippen molar-refractivity contribution in [2.75, 3.05) is 0 Å². The van der Waals surface area contributed by atoms with E-state index in [0.717, 1.165) is 0 Å². The Morgan fingerprint density at radius 1 is 1.25 bits per heavy atom. The Hall–Kier alpha value is 1.57. The van der Waals surface area contributed by atoms with E-state index in [4.69, 9.17) is 3.25 Å². The summed E-state index contributed by atoms with van der Waals surface area (Å²) in [5.41, 5.74) is 0. The molecule has 0 unspecified atom stereocenters. The molecule has 28 valence electrons. The van der Waals surface area contributed by atoms with Gasteiger partial charge in [-0.2, -0.15) is 0 Å². The summed E-state index contributed by atoms with van der Waals surface area (Å²) < 4.78 is 8.36. The van der Waals surface area contributed by atoms with Crippen LogP contribution in [-0.2, 0) is 58.1 Å². The van der Waals surface area contributed by atoms with E-state index in [0.29, 0.717) is 0 Å². The molecule has 0 aliphatic rings. The summed E-state index contributed by atoms with van der Waals surface area (Å²) >= 11 is 0.194. The third kappa shape index (κ3) is 9.57. The van der Waals surface area contributed by atoms with Crippen molar-refractivity contribution in [1.29, 1.82) is 0 Å². The van der Waals surface area contributed by atoms with Crippen molar-refractivity contribution in [3.63, 3.8) is 0 Å². The first-order chi connectivity index (χ1) is 1.00. The summed E-state index contributed by atoms with van der Waals surface area (Å²) in [5, 5.41) is 0. The van der Waals surface area contributed by atoms with Gasteiger partial charge in [0.15, 0.2) is 0 Å². The van der Waals surface area contributed by atoms with Crippen LogP contribution in [0.25, 0.3) is 0 Å². The van der Waals surface area contributed by atoms with E-state index in [1.807, 2.05) is 0 Å². The number of hydrogen-bond donors (Lipinski definition) is 0. The molecule has 4 heteroatoms. The van der Waals surface area contributed by atoms with E-state index in [9.17, 15) is 0 Å². The molecule has 0 aliphatic carbocycles. The molecular weight excluding hydrogens is 312 g/mol. The molecule has 1 nitrogen and oxygen atoms in total. The maximum atomic E-state index is 8.36. The van der Waals surface area contributed by atoms with Crippen LogP contribution in [0.3, 0.4) is 0 Å². The van der Waals surface area contributed by atoms with E-state index in [-0.39, 0.29) is 54.9 Å². The molecule has 0 fully saturated rings. The Morgan fingerprint density at radius 3 is 1.25 bits per heavy atom. The van der Waals surface area contributed by atoms with Gasteiger partial charge in [0.2, 0.25) is 0 Å². The average Bonchev–Trinajstić information content (AvgIpc) is 1.00. The van der Waals surface area contributed by atoms with Crippen LogP contribution in [0.2, 0.25) is 0 Å². The van der Waals surface area contributed by atoms with Gasteiger partial charge in [-0.1, -0.05) is 0 Å². The Bertz CT molecular complexity index is 8.00. The van der Waals surface area contributed by atoms with Crippen molar-refractivity contribution in [2.45, 2.75) is 0 Å². The molecule has 0 aromatic carbocycles. The van der Waals surface area contributed by atoms with Gasteiger partial charge in [0.05, 0.1) is 0 Å². The zero-order chi connectivity index (χ0) is 2.00. The van der Waals surface area contributed by atoms with E-state index in [1.165, 1.54) is 0 Å². The molecule has 0 atom stereocenters. The fraction of sp³-hybridized carbons (Fsp3) is 0. The molecule has 1 radical (unpaired) electrons. The zero-order valence-electron chi connectivity index (χ0n) is 1.54. The van der Waals surface area contributed by atoms with Crippen LogP contribution >= 0.6 is 0 Å². The summed E-state index contributed by atoms with van der Waals surface area (Å²) in [6.07, 6.45) is 0. The van der Waals surface area contributed by atoms with Crippen molar-refractivity contribution >= 4 is 0 Å².